The first-order valence-electron chi connectivity index (χ1n) is 21.6. The van der Waals surface area contributed by atoms with Gasteiger partial charge in [0.2, 0.25) is 0 Å². The summed E-state index contributed by atoms with van der Waals surface area (Å²) in [6, 6.07) is 0. The normalized spacial score (nSPS) is 12.0. The van der Waals surface area contributed by atoms with E-state index in [1.807, 2.05) is 0 Å². The zero-order chi connectivity index (χ0) is 35.6. The molecule has 0 saturated carbocycles. The third-order valence-corrected chi connectivity index (χ3v) is 10.8. The third-order valence-electron chi connectivity index (χ3n) is 10.8. The van der Waals surface area contributed by atoms with Gasteiger partial charge in [0, 0.05) is 0 Å². The van der Waals surface area contributed by atoms with Crippen molar-refractivity contribution >= 4 is 11.9 Å². The molecule has 0 aromatic heterocycles. The van der Waals surface area contributed by atoms with E-state index >= 15 is 0 Å². The van der Waals surface area contributed by atoms with Crippen LogP contribution in [0.4, 0.5) is 0 Å². The number of carbonyl (C=O) groups is 2. The second-order valence-corrected chi connectivity index (χ2v) is 16.6. The van der Waals surface area contributed by atoms with Crippen molar-refractivity contribution in [2.75, 3.05) is 0 Å². The van der Waals surface area contributed by atoms with Crippen LogP contribution in [0.25, 0.3) is 0 Å². The molecule has 0 amide bonds. The molecule has 48 heavy (non-hydrogen) atoms. The highest BCUT2D eigenvalue weighted by Gasteiger charge is 2.39. The highest BCUT2D eigenvalue weighted by molar-refractivity contribution is 5.81. The van der Waals surface area contributed by atoms with E-state index in [2.05, 4.69) is 27.7 Å². The summed E-state index contributed by atoms with van der Waals surface area (Å²) in [7, 11) is 0. The average molecular weight is 679 g/mol. The van der Waals surface area contributed by atoms with Gasteiger partial charge in [-0.2, -0.15) is 0 Å². The highest BCUT2D eigenvalue weighted by atomic mass is 16.4. The molecular weight excluding hydrogens is 592 g/mol. The van der Waals surface area contributed by atoms with Gasteiger partial charge in [0.1, 0.15) is 0 Å². The monoisotopic (exact) mass is 679 g/mol. The molecule has 0 aromatic carbocycles. The Morgan fingerprint density at radius 3 is 0.771 bits per heavy atom. The molecule has 4 heteroatoms. The maximum absolute atomic E-state index is 12.3. The Morgan fingerprint density at radius 2 is 0.583 bits per heavy atom. The van der Waals surface area contributed by atoms with Gasteiger partial charge in [-0.15, -0.1) is 0 Å². The molecule has 0 aromatic rings. The summed E-state index contributed by atoms with van der Waals surface area (Å²) in [6.07, 6.45) is 42.1. The van der Waals surface area contributed by atoms with Crippen LogP contribution >= 0.6 is 0 Å². The predicted molar refractivity (Wildman–Crippen MR) is 209 cm³/mol. The molecule has 0 rings (SSSR count). The van der Waals surface area contributed by atoms with E-state index in [-0.39, 0.29) is 6.42 Å². The lowest BCUT2D eigenvalue weighted by Gasteiger charge is -2.28. The van der Waals surface area contributed by atoms with Crippen LogP contribution in [0.15, 0.2) is 0 Å². The van der Waals surface area contributed by atoms with Crippen molar-refractivity contribution in [3.63, 3.8) is 0 Å². The number of hydrogen-bond donors (Lipinski definition) is 2. The van der Waals surface area contributed by atoms with Gasteiger partial charge in [-0.05, 0) is 24.7 Å². The van der Waals surface area contributed by atoms with Crippen LogP contribution < -0.4 is 0 Å². The maximum atomic E-state index is 12.3. The minimum absolute atomic E-state index is 0.237. The average Bonchev–Trinajstić information content (AvgIpc) is 3.03. The molecule has 0 unspecified atom stereocenters. The molecule has 0 saturated heterocycles. The maximum Gasteiger partial charge on any atom is 0.310 e. The number of unbranched alkanes of at least 4 members (excludes halogenated alkanes) is 28. The fourth-order valence-electron chi connectivity index (χ4n) is 7.51. The van der Waals surface area contributed by atoms with Crippen LogP contribution in [-0.2, 0) is 9.59 Å². The summed E-state index contributed by atoms with van der Waals surface area (Å²) < 4.78 is 0. The minimum Gasteiger partial charge on any atom is -0.481 e. The fourth-order valence-corrected chi connectivity index (χ4v) is 7.51. The van der Waals surface area contributed by atoms with Crippen molar-refractivity contribution in [3.8, 4) is 0 Å². The van der Waals surface area contributed by atoms with E-state index in [1.165, 1.54) is 167 Å². The second-order valence-electron chi connectivity index (χ2n) is 16.6. The summed E-state index contributed by atoms with van der Waals surface area (Å²) in [6.45, 7) is 9.28. The standard InChI is InChI=1S/C44H86O4/c1-40(2)35-31-27-23-19-15-11-7-5-9-13-17-21-25-29-33-37-44(43(47)48,39-42(45)46)38-34-30-26-22-18-14-10-6-8-12-16-20-24-28-32-36-41(3)4/h40-41H,5-39H2,1-4H3,(H,45,46)(H,47,48). The topological polar surface area (TPSA) is 74.6 Å². The molecule has 0 heterocycles. The predicted octanol–water partition coefficient (Wildman–Crippen LogP) is 15.1. The summed E-state index contributed by atoms with van der Waals surface area (Å²) in [4.78, 5) is 24.0. The van der Waals surface area contributed by atoms with Crippen LogP contribution in [-0.4, -0.2) is 22.2 Å². The Kier molecular flexibility index (Phi) is 33.6. The Bertz CT molecular complexity index is 658. The molecular formula is C44H86O4. The summed E-state index contributed by atoms with van der Waals surface area (Å²) in [5, 5.41) is 19.6. The third kappa shape index (κ3) is 32.2. The lowest BCUT2D eigenvalue weighted by molar-refractivity contribution is -0.157. The fraction of sp³-hybridized carbons (Fsp3) is 0.955. The van der Waals surface area contributed by atoms with Gasteiger partial charge in [0.15, 0.2) is 0 Å². The summed E-state index contributed by atoms with van der Waals surface area (Å²) >= 11 is 0. The Balaban J connectivity index is 3.82. The van der Waals surface area contributed by atoms with Crippen LogP contribution in [0.2, 0.25) is 0 Å². The molecule has 0 atom stereocenters. The van der Waals surface area contributed by atoms with Crippen molar-refractivity contribution in [1.29, 1.82) is 0 Å². The smallest absolute Gasteiger partial charge is 0.310 e. The molecule has 4 nitrogen and oxygen atoms in total. The SMILES string of the molecule is CC(C)CCCCCCCCCCCCCCCCCC(CCCCCCCCCCCCCCCCCC(C)C)(CC(=O)O)C(=O)O. The molecule has 0 bridgehead atoms. The van der Waals surface area contributed by atoms with Crippen molar-refractivity contribution in [2.24, 2.45) is 17.3 Å². The van der Waals surface area contributed by atoms with Crippen LogP contribution in [0.1, 0.15) is 252 Å². The zero-order valence-electron chi connectivity index (χ0n) is 33.1. The van der Waals surface area contributed by atoms with Gasteiger partial charge in [-0.3, -0.25) is 9.59 Å². The summed E-state index contributed by atoms with van der Waals surface area (Å²) in [5.41, 5.74) is -1.09. The van der Waals surface area contributed by atoms with Gasteiger partial charge in [0.05, 0.1) is 11.8 Å². The van der Waals surface area contributed by atoms with Gasteiger partial charge < -0.3 is 10.2 Å². The van der Waals surface area contributed by atoms with Crippen molar-refractivity contribution < 1.29 is 19.8 Å². The van der Waals surface area contributed by atoms with E-state index in [0.717, 1.165) is 50.4 Å². The Labute approximate surface area is 300 Å². The molecule has 2 N–H and O–H groups in total. The van der Waals surface area contributed by atoms with Crippen molar-refractivity contribution in [3.05, 3.63) is 0 Å². The first-order chi connectivity index (χ1) is 23.2. The van der Waals surface area contributed by atoms with Gasteiger partial charge >= 0.3 is 11.9 Å². The lowest BCUT2D eigenvalue weighted by atomic mass is 9.75. The van der Waals surface area contributed by atoms with E-state index in [4.69, 9.17) is 0 Å². The molecule has 0 aliphatic heterocycles. The Morgan fingerprint density at radius 1 is 0.375 bits per heavy atom. The molecule has 0 radical (unpaired) electrons. The van der Waals surface area contributed by atoms with Crippen LogP contribution in [0.5, 0.6) is 0 Å². The lowest BCUT2D eigenvalue weighted by Crippen LogP contribution is -2.33. The minimum atomic E-state index is -1.09. The Hall–Kier alpha value is -1.06. The van der Waals surface area contributed by atoms with Crippen LogP contribution in [0.3, 0.4) is 0 Å². The van der Waals surface area contributed by atoms with Crippen molar-refractivity contribution in [1.82, 2.24) is 0 Å². The van der Waals surface area contributed by atoms with Gasteiger partial charge in [-0.25, -0.2) is 0 Å². The van der Waals surface area contributed by atoms with E-state index in [9.17, 15) is 19.8 Å². The molecule has 286 valence electrons. The summed E-state index contributed by atoms with van der Waals surface area (Å²) in [5.74, 6) is -0.172. The quantitative estimate of drug-likeness (QED) is 0.0635. The number of rotatable bonds is 39. The molecule has 0 spiro atoms. The van der Waals surface area contributed by atoms with Gasteiger partial charge in [0.25, 0.3) is 0 Å². The van der Waals surface area contributed by atoms with Crippen LogP contribution in [0, 0.1) is 17.3 Å². The van der Waals surface area contributed by atoms with Crippen molar-refractivity contribution in [2.45, 2.75) is 252 Å². The molecule has 0 aliphatic rings. The highest BCUT2D eigenvalue weighted by Crippen LogP contribution is 2.36. The second kappa shape index (κ2) is 34.4. The van der Waals surface area contributed by atoms with E-state index < -0.39 is 17.4 Å². The van der Waals surface area contributed by atoms with E-state index in [0.29, 0.717) is 12.8 Å². The van der Waals surface area contributed by atoms with Gasteiger partial charge in [-0.1, -0.05) is 233 Å². The first kappa shape index (κ1) is 46.9. The number of aliphatic carboxylic acids is 2. The number of carboxylic acid groups (broad SMARTS) is 2. The van der Waals surface area contributed by atoms with E-state index in [1.54, 1.807) is 0 Å². The number of hydrogen-bond acceptors (Lipinski definition) is 2. The zero-order valence-corrected chi connectivity index (χ0v) is 33.1. The largest absolute Gasteiger partial charge is 0.481 e. The first-order valence-corrected chi connectivity index (χ1v) is 21.6. The molecule has 0 aliphatic carbocycles. The number of carboxylic acids is 2. The molecule has 0 fully saturated rings.